The summed E-state index contributed by atoms with van der Waals surface area (Å²) in [6, 6.07) is 16.0. The molecule has 0 bridgehead atoms. The summed E-state index contributed by atoms with van der Waals surface area (Å²) in [7, 11) is -3.10. The fourth-order valence-electron chi connectivity index (χ4n) is 3.35. The Morgan fingerprint density at radius 2 is 1.84 bits per heavy atom. The molecule has 9 heteroatoms. The summed E-state index contributed by atoms with van der Waals surface area (Å²) < 4.78 is 23.2. The second kappa shape index (κ2) is 9.98. The minimum absolute atomic E-state index is 0.0589. The Bertz CT molecular complexity index is 1130. The summed E-state index contributed by atoms with van der Waals surface area (Å²) in [4.78, 5) is 28.5. The Morgan fingerprint density at radius 1 is 1.16 bits per heavy atom. The highest BCUT2D eigenvalue weighted by Crippen LogP contribution is 2.33. The first-order chi connectivity index (χ1) is 14.8. The van der Waals surface area contributed by atoms with Crippen LogP contribution in [0.5, 0.6) is 0 Å². The second-order valence-corrected chi connectivity index (χ2v) is 10.5. The molecule has 0 saturated carbocycles. The van der Waals surface area contributed by atoms with Gasteiger partial charge in [0.2, 0.25) is 5.91 Å². The maximum Gasteiger partial charge on any atom is 0.255 e. The van der Waals surface area contributed by atoms with Crippen molar-refractivity contribution in [2.45, 2.75) is 29.2 Å². The van der Waals surface area contributed by atoms with Crippen LogP contribution in [0.4, 0.5) is 0 Å². The van der Waals surface area contributed by atoms with E-state index in [1.165, 1.54) is 16.7 Å². The molecule has 1 atom stereocenters. The van der Waals surface area contributed by atoms with Crippen molar-refractivity contribution in [3.05, 3.63) is 59.7 Å². The maximum atomic E-state index is 13.2. The first kappa shape index (κ1) is 22.8. The van der Waals surface area contributed by atoms with Crippen molar-refractivity contribution in [1.29, 1.82) is 5.26 Å². The fourth-order valence-corrected chi connectivity index (χ4v) is 6.04. The van der Waals surface area contributed by atoms with Gasteiger partial charge in [0.15, 0.2) is 9.84 Å². The molecule has 2 amide bonds. The summed E-state index contributed by atoms with van der Waals surface area (Å²) >= 11 is 1.33. The first-order valence-electron chi connectivity index (χ1n) is 9.88. The van der Waals surface area contributed by atoms with Gasteiger partial charge in [-0.25, -0.2) is 8.42 Å². The molecule has 0 radical (unpaired) electrons. The number of carbonyl (C=O) groups is 2. The lowest BCUT2D eigenvalue weighted by Crippen LogP contribution is -2.44. The Balaban J connectivity index is 1.73. The predicted molar refractivity (Wildman–Crippen MR) is 119 cm³/mol. The molecule has 1 heterocycles. The molecule has 1 aliphatic heterocycles. The van der Waals surface area contributed by atoms with Gasteiger partial charge in [-0.1, -0.05) is 36.0 Å². The normalized spacial score (nSPS) is 17.0. The number of hydrogen-bond acceptors (Lipinski definition) is 6. The third-order valence-electron chi connectivity index (χ3n) is 4.95. The van der Waals surface area contributed by atoms with Gasteiger partial charge >= 0.3 is 0 Å². The van der Waals surface area contributed by atoms with Crippen LogP contribution in [0.2, 0.25) is 0 Å². The fraction of sp³-hybridized carbons (Fsp3) is 0.318. The van der Waals surface area contributed by atoms with E-state index in [9.17, 15) is 23.3 Å². The summed E-state index contributed by atoms with van der Waals surface area (Å²) in [5, 5.41) is 12.1. The molecule has 1 unspecified atom stereocenters. The molecule has 31 heavy (non-hydrogen) atoms. The third kappa shape index (κ3) is 5.87. The van der Waals surface area contributed by atoms with Crippen LogP contribution in [0.15, 0.2) is 58.3 Å². The average Bonchev–Trinajstić information content (AvgIpc) is 3.10. The monoisotopic (exact) mass is 457 g/mol. The van der Waals surface area contributed by atoms with E-state index in [2.05, 4.69) is 11.4 Å². The average molecular weight is 458 g/mol. The molecule has 1 aliphatic rings. The quantitative estimate of drug-likeness (QED) is 0.684. The Kier molecular flexibility index (Phi) is 7.36. The highest BCUT2D eigenvalue weighted by atomic mass is 32.2. The number of nitrogens with zero attached hydrogens (tertiary/aromatic N) is 2. The van der Waals surface area contributed by atoms with Crippen molar-refractivity contribution in [1.82, 2.24) is 10.2 Å². The summed E-state index contributed by atoms with van der Waals surface area (Å²) in [5.41, 5.74) is 0.964. The molecule has 0 aromatic heterocycles. The van der Waals surface area contributed by atoms with Crippen molar-refractivity contribution in [2.24, 2.45) is 0 Å². The molecule has 0 aliphatic carbocycles. The minimum atomic E-state index is -3.10. The molecular weight excluding hydrogens is 434 g/mol. The number of benzene rings is 2. The van der Waals surface area contributed by atoms with E-state index >= 15 is 0 Å². The van der Waals surface area contributed by atoms with Gasteiger partial charge < -0.3 is 10.2 Å². The standard InChI is InChI=1S/C22H23N3O4S2/c1-2-25(14-21(26)24-17-11-12-31(28,29)15-17)22(27)18-8-4-6-10-20(18)30-19-9-5-3-7-16(19)13-23/h3-10,17H,2,11-12,14-15H2,1H3,(H,24,26). The van der Waals surface area contributed by atoms with Crippen LogP contribution < -0.4 is 5.32 Å². The van der Waals surface area contributed by atoms with Gasteiger partial charge in [-0.05, 0) is 37.6 Å². The van der Waals surface area contributed by atoms with Crippen molar-refractivity contribution in [3.8, 4) is 6.07 Å². The van der Waals surface area contributed by atoms with Crippen LogP contribution in [0.1, 0.15) is 29.3 Å². The Morgan fingerprint density at radius 3 is 2.48 bits per heavy atom. The number of nitriles is 1. The largest absolute Gasteiger partial charge is 0.351 e. The van der Waals surface area contributed by atoms with E-state index in [0.29, 0.717) is 29.0 Å². The molecule has 7 nitrogen and oxygen atoms in total. The number of rotatable bonds is 7. The lowest BCUT2D eigenvalue weighted by Gasteiger charge is -2.22. The van der Waals surface area contributed by atoms with Gasteiger partial charge in [0.05, 0.1) is 29.2 Å². The first-order valence-corrected chi connectivity index (χ1v) is 12.5. The van der Waals surface area contributed by atoms with E-state index < -0.39 is 15.9 Å². The molecule has 1 saturated heterocycles. The molecule has 3 rings (SSSR count). The zero-order chi connectivity index (χ0) is 22.4. The van der Waals surface area contributed by atoms with E-state index in [0.717, 1.165) is 4.90 Å². The molecule has 2 aromatic carbocycles. The second-order valence-electron chi connectivity index (χ2n) is 7.19. The number of sulfone groups is 1. The number of nitrogens with one attached hydrogen (secondary N) is 1. The zero-order valence-electron chi connectivity index (χ0n) is 17.1. The molecule has 1 N–H and O–H groups in total. The van der Waals surface area contributed by atoms with Crippen LogP contribution in [-0.2, 0) is 14.6 Å². The lowest BCUT2D eigenvalue weighted by molar-refractivity contribution is -0.122. The number of amides is 2. The van der Waals surface area contributed by atoms with Crippen LogP contribution in [0.3, 0.4) is 0 Å². The number of carbonyl (C=O) groups excluding carboxylic acids is 2. The maximum absolute atomic E-state index is 13.2. The van der Waals surface area contributed by atoms with Crippen LogP contribution in [0.25, 0.3) is 0 Å². The van der Waals surface area contributed by atoms with Gasteiger partial charge in [0, 0.05) is 22.4 Å². The zero-order valence-corrected chi connectivity index (χ0v) is 18.7. The molecule has 1 fully saturated rings. The Hall–Kier alpha value is -2.83. The third-order valence-corrected chi connectivity index (χ3v) is 7.87. The number of likely N-dealkylation sites (N-methyl/N-ethyl adjacent to an activating group) is 1. The predicted octanol–water partition coefficient (Wildman–Crippen LogP) is 2.47. The van der Waals surface area contributed by atoms with Crippen molar-refractivity contribution in [3.63, 3.8) is 0 Å². The Labute approximate surface area is 186 Å². The smallest absolute Gasteiger partial charge is 0.255 e. The topological polar surface area (TPSA) is 107 Å². The molecule has 0 spiro atoms. The van der Waals surface area contributed by atoms with E-state index in [4.69, 9.17) is 0 Å². The number of hydrogen-bond donors (Lipinski definition) is 1. The van der Waals surface area contributed by atoms with Crippen LogP contribution in [0, 0.1) is 11.3 Å². The minimum Gasteiger partial charge on any atom is -0.351 e. The molecule has 162 valence electrons. The van der Waals surface area contributed by atoms with Gasteiger partial charge in [-0.3, -0.25) is 9.59 Å². The molecular formula is C22H23N3O4S2. The highest BCUT2D eigenvalue weighted by Gasteiger charge is 2.29. The van der Waals surface area contributed by atoms with Crippen LogP contribution in [-0.4, -0.2) is 55.8 Å². The highest BCUT2D eigenvalue weighted by molar-refractivity contribution is 7.99. The SMILES string of the molecule is CCN(CC(=O)NC1CCS(=O)(=O)C1)C(=O)c1ccccc1Sc1ccccc1C#N. The van der Waals surface area contributed by atoms with Crippen molar-refractivity contribution >= 4 is 33.4 Å². The van der Waals surface area contributed by atoms with Gasteiger partial charge in [0.1, 0.15) is 6.07 Å². The van der Waals surface area contributed by atoms with E-state index in [1.807, 2.05) is 24.3 Å². The van der Waals surface area contributed by atoms with Gasteiger partial charge in [-0.2, -0.15) is 5.26 Å². The van der Waals surface area contributed by atoms with E-state index in [1.54, 1.807) is 31.2 Å². The van der Waals surface area contributed by atoms with E-state index in [-0.39, 0.29) is 29.9 Å². The summed E-state index contributed by atoms with van der Waals surface area (Å²) in [6.45, 7) is 1.95. The summed E-state index contributed by atoms with van der Waals surface area (Å²) in [5.74, 6) is -0.661. The van der Waals surface area contributed by atoms with Gasteiger partial charge in [0.25, 0.3) is 5.91 Å². The van der Waals surface area contributed by atoms with Crippen LogP contribution >= 0.6 is 11.8 Å². The molecule has 2 aromatic rings. The van der Waals surface area contributed by atoms with Crippen molar-refractivity contribution < 1.29 is 18.0 Å². The summed E-state index contributed by atoms with van der Waals surface area (Å²) in [6.07, 6.45) is 0.395. The van der Waals surface area contributed by atoms with Gasteiger partial charge in [-0.15, -0.1) is 0 Å². The van der Waals surface area contributed by atoms with Crippen molar-refractivity contribution in [2.75, 3.05) is 24.6 Å². The lowest BCUT2D eigenvalue weighted by atomic mass is 10.2.